The van der Waals surface area contributed by atoms with Crippen LogP contribution in [-0.4, -0.2) is 12.7 Å². The summed E-state index contributed by atoms with van der Waals surface area (Å²) < 4.78 is 5.27. The Kier molecular flexibility index (Phi) is 5.44. The van der Waals surface area contributed by atoms with Crippen LogP contribution in [0.4, 0.5) is 0 Å². The van der Waals surface area contributed by atoms with E-state index in [-0.39, 0.29) is 0 Å². The summed E-state index contributed by atoms with van der Waals surface area (Å²) in [5.74, 6) is 0. The summed E-state index contributed by atoms with van der Waals surface area (Å²) >= 11 is 0. The van der Waals surface area contributed by atoms with Gasteiger partial charge >= 0.3 is 0 Å². The third-order valence-corrected chi connectivity index (χ3v) is 7.85. The van der Waals surface area contributed by atoms with Crippen LogP contribution in [0.2, 0.25) is 0 Å². The SMILES string of the molecule is PCCN=P(c1ccccc1)(c1ccccc1)c1ccccc1. The number of hydrogen-bond donors (Lipinski definition) is 0. The predicted octanol–water partition coefficient (Wildman–Crippen LogP) is 4.04. The van der Waals surface area contributed by atoms with Gasteiger partial charge in [0.2, 0.25) is 0 Å². The van der Waals surface area contributed by atoms with Crippen molar-refractivity contribution in [3.8, 4) is 0 Å². The fourth-order valence-electron chi connectivity index (χ4n) is 2.83. The first-order chi connectivity index (χ1) is 11.4. The lowest BCUT2D eigenvalue weighted by Gasteiger charge is -2.27. The Morgan fingerprint density at radius 1 is 0.609 bits per heavy atom. The van der Waals surface area contributed by atoms with E-state index in [1.807, 2.05) is 0 Å². The van der Waals surface area contributed by atoms with E-state index in [4.69, 9.17) is 4.74 Å². The van der Waals surface area contributed by atoms with Crippen LogP contribution < -0.4 is 15.9 Å². The van der Waals surface area contributed by atoms with E-state index >= 15 is 0 Å². The van der Waals surface area contributed by atoms with Crippen molar-refractivity contribution in [3.63, 3.8) is 0 Å². The largest absolute Gasteiger partial charge is 0.289 e. The molecule has 0 aliphatic rings. The fourth-order valence-corrected chi connectivity index (χ4v) is 6.79. The third-order valence-electron chi connectivity index (χ3n) is 3.83. The van der Waals surface area contributed by atoms with E-state index in [2.05, 4.69) is 100 Å². The van der Waals surface area contributed by atoms with Crippen molar-refractivity contribution in [3.05, 3.63) is 91.0 Å². The molecule has 1 nitrogen and oxygen atoms in total. The number of benzene rings is 3. The van der Waals surface area contributed by atoms with Gasteiger partial charge in [0.05, 0.1) is 7.05 Å². The standard InChI is InChI=1S/C20H21NP2/c22-17-16-21-23(18-10-4-1-5-11-18,19-12-6-2-7-13-19)20-14-8-3-9-15-20/h1-15H,16-17,22H2. The van der Waals surface area contributed by atoms with Crippen LogP contribution in [0.25, 0.3) is 0 Å². The maximum absolute atomic E-state index is 5.27. The number of rotatable bonds is 5. The zero-order valence-corrected chi connectivity index (χ0v) is 15.1. The van der Waals surface area contributed by atoms with Gasteiger partial charge in [0.1, 0.15) is 0 Å². The minimum absolute atomic E-state index is 0.844. The molecule has 0 saturated heterocycles. The van der Waals surface area contributed by atoms with E-state index in [0.29, 0.717) is 0 Å². The van der Waals surface area contributed by atoms with Crippen LogP contribution in [0.5, 0.6) is 0 Å². The molecule has 0 radical (unpaired) electrons. The molecule has 23 heavy (non-hydrogen) atoms. The lowest BCUT2D eigenvalue weighted by atomic mass is 10.4. The molecule has 0 aliphatic heterocycles. The summed E-state index contributed by atoms with van der Waals surface area (Å²) in [6.45, 7) is 0.844. The molecular weight excluding hydrogens is 316 g/mol. The van der Waals surface area contributed by atoms with Crippen LogP contribution >= 0.6 is 16.3 Å². The molecule has 3 aromatic rings. The average molecular weight is 337 g/mol. The highest BCUT2D eigenvalue weighted by Crippen LogP contribution is 2.46. The first-order valence-corrected chi connectivity index (χ1v) is 10.4. The molecule has 0 amide bonds. The minimum atomic E-state index is -1.96. The van der Waals surface area contributed by atoms with Crippen molar-refractivity contribution in [2.24, 2.45) is 4.74 Å². The Morgan fingerprint density at radius 2 is 0.957 bits per heavy atom. The van der Waals surface area contributed by atoms with Crippen molar-refractivity contribution in [1.82, 2.24) is 0 Å². The van der Waals surface area contributed by atoms with Crippen molar-refractivity contribution in [2.75, 3.05) is 12.7 Å². The Labute approximate surface area is 141 Å². The molecule has 0 heterocycles. The molecular formula is C20H21NP2. The van der Waals surface area contributed by atoms with Gasteiger partial charge in [0, 0.05) is 22.5 Å². The highest BCUT2D eigenvalue weighted by molar-refractivity contribution is 7.87. The summed E-state index contributed by atoms with van der Waals surface area (Å²) in [7, 11) is 0.836. The second-order valence-corrected chi connectivity index (χ2v) is 8.98. The molecule has 3 heteroatoms. The molecule has 0 aliphatic carbocycles. The maximum atomic E-state index is 5.27. The van der Waals surface area contributed by atoms with E-state index in [1.165, 1.54) is 15.9 Å². The topological polar surface area (TPSA) is 12.4 Å². The zero-order chi connectivity index (χ0) is 16.0. The van der Waals surface area contributed by atoms with E-state index in [0.717, 1.165) is 12.7 Å². The molecule has 116 valence electrons. The van der Waals surface area contributed by atoms with Crippen molar-refractivity contribution in [1.29, 1.82) is 0 Å². The normalized spacial score (nSPS) is 11.2. The quantitative estimate of drug-likeness (QED) is 0.623. The smallest absolute Gasteiger partial charge is 0.0547 e. The lowest BCUT2D eigenvalue weighted by Crippen LogP contribution is -2.25. The minimum Gasteiger partial charge on any atom is -0.289 e. The fraction of sp³-hybridized carbons (Fsp3) is 0.100. The van der Waals surface area contributed by atoms with Gasteiger partial charge in [-0.05, 0) is 6.16 Å². The van der Waals surface area contributed by atoms with Gasteiger partial charge in [-0.3, -0.25) is 4.74 Å². The monoisotopic (exact) mass is 337 g/mol. The molecule has 3 rings (SSSR count). The van der Waals surface area contributed by atoms with Crippen LogP contribution in [0.3, 0.4) is 0 Å². The first-order valence-electron chi connectivity index (χ1n) is 7.83. The van der Waals surface area contributed by atoms with Gasteiger partial charge in [-0.2, -0.15) is 0 Å². The number of hydrogen-bond acceptors (Lipinski definition) is 1. The molecule has 1 atom stereocenters. The van der Waals surface area contributed by atoms with Crippen molar-refractivity contribution < 1.29 is 0 Å². The molecule has 0 saturated carbocycles. The summed E-state index contributed by atoms with van der Waals surface area (Å²) in [6.07, 6.45) is 0.980. The summed E-state index contributed by atoms with van der Waals surface area (Å²) in [5, 5.41) is 3.95. The lowest BCUT2D eigenvalue weighted by molar-refractivity contribution is 1.17. The Balaban J connectivity index is 2.36. The summed E-state index contributed by atoms with van der Waals surface area (Å²) in [6, 6.07) is 32.3. The van der Waals surface area contributed by atoms with E-state index in [1.54, 1.807) is 0 Å². The third kappa shape index (κ3) is 3.32. The number of nitrogens with zero attached hydrogens (tertiary/aromatic N) is 1. The van der Waals surface area contributed by atoms with E-state index < -0.39 is 7.05 Å². The highest BCUT2D eigenvalue weighted by Gasteiger charge is 2.26. The van der Waals surface area contributed by atoms with E-state index in [9.17, 15) is 0 Å². The van der Waals surface area contributed by atoms with Gasteiger partial charge in [-0.25, -0.2) is 0 Å². The molecule has 0 N–H and O–H groups in total. The Morgan fingerprint density at radius 3 is 1.26 bits per heavy atom. The first kappa shape index (κ1) is 16.2. The van der Waals surface area contributed by atoms with Gasteiger partial charge in [-0.1, -0.05) is 91.0 Å². The highest BCUT2D eigenvalue weighted by atomic mass is 31.2. The molecule has 0 fully saturated rings. The molecule has 0 spiro atoms. The van der Waals surface area contributed by atoms with Gasteiger partial charge < -0.3 is 0 Å². The average Bonchev–Trinajstić information content (AvgIpc) is 2.65. The zero-order valence-electron chi connectivity index (χ0n) is 13.0. The second kappa shape index (κ2) is 7.73. The van der Waals surface area contributed by atoms with Crippen molar-refractivity contribution >= 4 is 32.2 Å². The van der Waals surface area contributed by atoms with Gasteiger partial charge in [-0.15, -0.1) is 9.24 Å². The Hall–Kier alpha value is -1.68. The molecule has 0 aromatic heterocycles. The summed E-state index contributed by atoms with van der Waals surface area (Å²) in [4.78, 5) is 0. The van der Waals surface area contributed by atoms with Crippen LogP contribution in [0, 0.1) is 0 Å². The van der Waals surface area contributed by atoms with Gasteiger partial charge in [0.15, 0.2) is 0 Å². The molecule has 0 bridgehead atoms. The Bertz CT molecular complexity index is 680. The van der Waals surface area contributed by atoms with Gasteiger partial charge in [0.25, 0.3) is 0 Å². The van der Waals surface area contributed by atoms with Crippen LogP contribution in [0.1, 0.15) is 0 Å². The summed E-state index contributed by atoms with van der Waals surface area (Å²) in [5.41, 5.74) is 0. The maximum Gasteiger partial charge on any atom is 0.0547 e. The molecule has 3 aromatic carbocycles. The second-order valence-electron chi connectivity index (χ2n) is 5.30. The predicted molar refractivity (Wildman–Crippen MR) is 107 cm³/mol. The van der Waals surface area contributed by atoms with Crippen molar-refractivity contribution in [2.45, 2.75) is 0 Å². The van der Waals surface area contributed by atoms with Crippen LogP contribution in [0.15, 0.2) is 95.7 Å². The van der Waals surface area contributed by atoms with Crippen LogP contribution in [-0.2, 0) is 0 Å². The molecule has 1 unspecified atom stereocenters.